The Bertz CT molecular complexity index is 1480. The largest absolute Gasteiger partial charge is 0.378 e. The summed E-state index contributed by atoms with van der Waals surface area (Å²) in [6.07, 6.45) is 1.16. The first kappa shape index (κ1) is 22.9. The van der Waals surface area contributed by atoms with E-state index in [2.05, 4.69) is 35.8 Å². The van der Waals surface area contributed by atoms with Crippen molar-refractivity contribution in [1.82, 2.24) is 30.7 Å². The number of rotatable bonds is 7. The molecule has 17 heteroatoms. The second-order valence-corrected chi connectivity index (χ2v) is 7.05. The minimum Gasteiger partial charge on any atom is -0.378 e. The van der Waals surface area contributed by atoms with Crippen LogP contribution in [-0.4, -0.2) is 47.3 Å². The summed E-state index contributed by atoms with van der Waals surface area (Å²) in [6, 6.07) is 9.17. The third-order valence-corrected chi connectivity index (χ3v) is 4.80. The average molecular weight is 499 g/mol. The van der Waals surface area contributed by atoms with Gasteiger partial charge in [0.25, 0.3) is 17.3 Å². The molecule has 0 aliphatic carbocycles. The first-order chi connectivity index (χ1) is 16.8. The van der Waals surface area contributed by atoms with E-state index in [1.807, 2.05) is 0 Å². The fraction of sp³-hybridized carbons (Fsp3) is 0. The van der Waals surface area contributed by atoms with Gasteiger partial charge in [0, 0.05) is 29.3 Å². The van der Waals surface area contributed by atoms with Crippen molar-refractivity contribution in [3.05, 3.63) is 79.0 Å². The maximum absolute atomic E-state index is 12.8. The van der Waals surface area contributed by atoms with Crippen molar-refractivity contribution in [3.63, 3.8) is 0 Å². The lowest BCUT2D eigenvalue weighted by Crippen LogP contribution is -2.19. The second-order valence-electron chi connectivity index (χ2n) is 6.64. The molecule has 0 saturated heterocycles. The normalized spacial score (nSPS) is 11.0. The molecule has 0 aliphatic heterocycles. The van der Waals surface area contributed by atoms with Gasteiger partial charge in [-0.3, -0.25) is 25.0 Å². The molecule has 2 heterocycles. The SMILES string of the molecule is Nc1nonc1-n1nnc(C(=O)N/N=C\c2ccc(Cl)c([N+](=O)[O-])c2)c1-c1ccc([N+](=O)[O-])cc1. The molecule has 2 aromatic carbocycles. The molecule has 0 spiro atoms. The summed E-state index contributed by atoms with van der Waals surface area (Å²) >= 11 is 5.78. The van der Waals surface area contributed by atoms with Crippen molar-refractivity contribution in [2.24, 2.45) is 5.10 Å². The fourth-order valence-corrected chi connectivity index (χ4v) is 3.08. The predicted molar refractivity (Wildman–Crippen MR) is 119 cm³/mol. The van der Waals surface area contributed by atoms with Crippen LogP contribution in [0.2, 0.25) is 5.02 Å². The van der Waals surface area contributed by atoms with Gasteiger partial charge in [-0.15, -0.1) is 5.10 Å². The van der Waals surface area contributed by atoms with E-state index in [1.54, 1.807) is 0 Å². The molecule has 0 fully saturated rings. The van der Waals surface area contributed by atoms with Crippen molar-refractivity contribution in [2.45, 2.75) is 0 Å². The highest BCUT2D eigenvalue weighted by molar-refractivity contribution is 6.32. The van der Waals surface area contributed by atoms with Crippen LogP contribution in [0, 0.1) is 20.2 Å². The molecular weight excluding hydrogens is 488 g/mol. The number of carbonyl (C=O) groups is 1. The molecule has 35 heavy (non-hydrogen) atoms. The molecule has 0 unspecified atom stereocenters. The van der Waals surface area contributed by atoms with E-state index in [9.17, 15) is 25.0 Å². The van der Waals surface area contributed by atoms with Crippen LogP contribution < -0.4 is 11.2 Å². The Morgan fingerprint density at radius 2 is 1.89 bits per heavy atom. The third-order valence-electron chi connectivity index (χ3n) is 4.48. The van der Waals surface area contributed by atoms with Crippen molar-refractivity contribution in [1.29, 1.82) is 0 Å². The number of carbonyl (C=O) groups excluding carboxylic acids is 1. The number of nitrogens with zero attached hydrogens (tertiary/aromatic N) is 8. The molecule has 0 aliphatic rings. The van der Waals surface area contributed by atoms with Gasteiger partial charge >= 0.3 is 0 Å². The topological polar surface area (TPSA) is 223 Å². The lowest BCUT2D eigenvalue weighted by atomic mass is 10.1. The Kier molecular flexibility index (Phi) is 6.10. The minimum absolute atomic E-state index is 0.0536. The van der Waals surface area contributed by atoms with Gasteiger partial charge in [-0.25, -0.2) is 10.1 Å². The van der Waals surface area contributed by atoms with E-state index >= 15 is 0 Å². The zero-order chi connectivity index (χ0) is 25.1. The Morgan fingerprint density at radius 1 is 1.14 bits per heavy atom. The van der Waals surface area contributed by atoms with Gasteiger partial charge in [-0.2, -0.15) is 9.78 Å². The van der Waals surface area contributed by atoms with E-state index in [4.69, 9.17) is 17.3 Å². The molecule has 176 valence electrons. The highest BCUT2D eigenvalue weighted by atomic mass is 35.5. The van der Waals surface area contributed by atoms with E-state index in [-0.39, 0.29) is 39.4 Å². The van der Waals surface area contributed by atoms with Crippen LogP contribution in [0.25, 0.3) is 17.1 Å². The van der Waals surface area contributed by atoms with Gasteiger partial charge in [0.15, 0.2) is 5.69 Å². The number of amides is 1. The fourth-order valence-electron chi connectivity index (χ4n) is 2.89. The number of hydrazone groups is 1. The third kappa shape index (κ3) is 4.62. The highest BCUT2D eigenvalue weighted by Crippen LogP contribution is 2.28. The zero-order valence-corrected chi connectivity index (χ0v) is 17.9. The van der Waals surface area contributed by atoms with Crippen LogP contribution in [0.4, 0.5) is 17.2 Å². The highest BCUT2D eigenvalue weighted by Gasteiger charge is 2.25. The van der Waals surface area contributed by atoms with Crippen molar-refractivity contribution in [3.8, 4) is 17.1 Å². The van der Waals surface area contributed by atoms with Crippen LogP contribution in [0.15, 0.2) is 52.2 Å². The number of hydrogen-bond acceptors (Lipinski definition) is 12. The van der Waals surface area contributed by atoms with Crippen molar-refractivity contribution in [2.75, 3.05) is 5.73 Å². The van der Waals surface area contributed by atoms with Crippen molar-refractivity contribution >= 4 is 40.9 Å². The standard InChI is InChI=1S/C18H11ClN10O6/c19-12-6-1-9(7-13(12)29(33)34)8-21-23-18(30)14-15(10-2-4-11(5-3-10)28(31)32)27(26-22-14)17-16(20)24-35-25-17/h1-8H,(H2,20,24)(H,23,30)/b21-8-. The van der Waals surface area contributed by atoms with Gasteiger partial charge in [0.2, 0.25) is 11.6 Å². The minimum atomic E-state index is -0.820. The molecule has 2 aromatic heterocycles. The molecule has 16 nitrogen and oxygen atoms in total. The smallest absolute Gasteiger partial charge is 0.294 e. The van der Waals surface area contributed by atoms with E-state index in [0.29, 0.717) is 11.1 Å². The Morgan fingerprint density at radius 3 is 2.51 bits per heavy atom. The van der Waals surface area contributed by atoms with Gasteiger partial charge in [-0.05, 0) is 28.5 Å². The quantitative estimate of drug-likeness (QED) is 0.213. The summed E-state index contributed by atoms with van der Waals surface area (Å²) in [5, 5.41) is 40.5. The van der Waals surface area contributed by atoms with E-state index < -0.39 is 15.8 Å². The van der Waals surface area contributed by atoms with E-state index in [1.165, 1.54) is 42.5 Å². The maximum Gasteiger partial charge on any atom is 0.294 e. The monoisotopic (exact) mass is 498 g/mol. The molecule has 1 amide bonds. The lowest BCUT2D eigenvalue weighted by Gasteiger charge is -2.05. The molecule has 0 atom stereocenters. The lowest BCUT2D eigenvalue weighted by molar-refractivity contribution is -0.385. The Balaban J connectivity index is 1.67. The van der Waals surface area contributed by atoms with Crippen molar-refractivity contribution < 1.29 is 19.3 Å². The molecule has 0 radical (unpaired) electrons. The first-order valence-corrected chi connectivity index (χ1v) is 9.70. The van der Waals surface area contributed by atoms with Gasteiger partial charge in [0.1, 0.15) is 10.7 Å². The summed E-state index contributed by atoms with van der Waals surface area (Å²) in [6.45, 7) is 0. The van der Waals surface area contributed by atoms with Gasteiger partial charge in [-0.1, -0.05) is 22.9 Å². The molecule has 4 rings (SSSR count). The number of anilines is 1. The molecule has 4 aromatic rings. The molecule has 3 N–H and O–H groups in total. The molecule has 0 bridgehead atoms. The summed E-state index contributed by atoms with van der Waals surface area (Å²) < 4.78 is 5.65. The number of nitrogens with two attached hydrogens (primary N) is 1. The Hall–Kier alpha value is -5.25. The van der Waals surface area contributed by atoms with Crippen LogP contribution in [-0.2, 0) is 0 Å². The Labute approximate surface area is 198 Å². The van der Waals surface area contributed by atoms with Crippen LogP contribution in [0.5, 0.6) is 0 Å². The number of hydrogen-bond donors (Lipinski definition) is 2. The van der Waals surface area contributed by atoms with Gasteiger partial charge < -0.3 is 5.73 Å². The number of benzene rings is 2. The number of nitro groups is 2. The number of halogens is 1. The van der Waals surface area contributed by atoms with Gasteiger partial charge in [0.05, 0.1) is 16.1 Å². The average Bonchev–Trinajstić information content (AvgIpc) is 3.45. The number of nitrogens with one attached hydrogen (secondary N) is 1. The number of aromatic nitrogens is 5. The summed E-state index contributed by atoms with van der Waals surface area (Å²) in [5.74, 6) is -1.03. The molecule has 0 saturated carbocycles. The number of non-ortho nitro benzene ring substituents is 1. The predicted octanol–water partition coefficient (Wildman–Crippen LogP) is 2.13. The number of nitro benzene ring substituents is 2. The zero-order valence-electron chi connectivity index (χ0n) is 17.1. The van der Waals surface area contributed by atoms with Crippen LogP contribution >= 0.6 is 11.6 Å². The van der Waals surface area contributed by atoms with Crippen LogP contribution in [0.1, 0.15) is 16.1 Å². The summed E-state index contributed by atoms with van der Waals surface area (Å²) in [7, 11) is 0. The number of nitrogen functional groups attached to an aromatic ring is 1. The second kappa shape index (κ2) is 9.32. The van der Waals surface area contributed by atoms with E-state index in [0.717, 1.165) is 10.9 Å². The maximum atomic E-state index is 12.8. The molecular formula is C18H11ClN10O6. The summed E-state index contributed by atoms with van der Waals surface area (Å²) in [4.78, 5) is 33.6. The first-order valence-electron chi connectivity index (χ1n) is 9.32. The van der Waals surface area contributed by atoms with Crippen LogP contribution in [0.3, 0.4) is 0 Å². The summed E-state index contributed by atoms with van der Waals surface area (Å²) in [5.41, 5.74) is 7.90.